The quantitative estimate of drug-likeness (QED) is 0.179. The van der Waals surface area contributed by atoms with Gasteiger partial charge in [-0.25, -0.2) is 4.79 Å². The summed E-state index contributed by atoms with van der Waals surface area (Å²) in [6.07, 6.45) is -0.310. The Morgan fingerprint density at radius 2 is 1.91 bits per heavy atom. The fourth-order valence-corrected chi connectivity index (χ4v) is 3.34. The fraction of sp³-hybridized carbons (Fsp3) is 0.522. The van der Waals surface area contributed by atoms with Gasteiger partial charge in [0, 0.05) is 7.85 Å². The van der Waals surface area contributed by atoms with Gasteiger partial charge in [-0.1, -0.05) is 12.0 Å². The van der Waals surface area contributed by atoms with Gasteiger partial charge in [-0.3, -0.25) is 14.5 Å². The van der Waals surface area contributed by atoms with Gasteiger partial charge < -0.3 is 29.0 Å². The summed E-state index contributed by atoms with van der Waals surface area (Å²) in [5.41, 5.74) is 0.427. The lowest BCUT2D eigenvalue weighted by Gasteiger charge is -2.14. The van der Waals surface area contributed by atoms with Crippen molar-refractivity contribution in [3.05, 3.63) is 23.8 Å². The van der Waals surface area contributed by atoms with Gasteiger partial charge in [0.15, 0.2) is 11.5 Å². The molecule has 0 aliphatic carbocycles. The van der Waals surface area contributed by atoms with E-state index in [1.165, 1.54) is 12.0 Å². The van der Waals surface area contributed by atoms with Crippen LogP contribution in [0, 0.1) is 11.8 Å². The first-order chi connectivity index (χ1) is 16.5. The zero-order valence-corrected chi connectivity index (χ0v) is 20.6. The number of benzene rings is 1. The first-order valence-corrected chi connectivity index (χ1v) is 11.5. The third-order valence-corrected chi connectivity index (χ3v) is 5.21. The number of carbonyl (C=O) groups is 3. The molecular formula is C23H33N2O8P. The van der Waals surface area contributed by atoms with Gasteiger partial charge in [0.25, 0.3) is 0 Å². The van der Waals surface area contributed by atoms with Gasteiger partial charge in [0.1, 0.15) is 13.2 Å². The molecule has 0 radical (unpaired) electrons. The third-order valence-electron chi connectivity index (χ3n) is 4.69. The van der Waals surface area contributed by atoms with Crippen LogP contribution in [0.4, 0.5) is 4.79 Å². The molecule has 1 aromatic rings. The lowest BCUT2D eigenvalue weighted by Crippen LogP contribution is -2.34. The molecule has 1 N–H and O–H groups in total. The van der Waals surface area contributed by atoms with Gasteiger partial charge in [-0.2, -0.15) is 0 Å². The van der Waals surface area contributed by atoms with E-state index < -0.39 is 6.09 Å². The number of amides is 3. The molecular weight excluding hydrogens is 463 g/mol. The average Bonchev–Trinajstić information content (AvgIpc) is 3.07. The lowest BCUT2D eigenvalue weighted by atomic mass is 10.2. The highest BCUT2D eigenvalue weighted by Gasteiger charge is 2.35. The molecule has 1 heterocycles. The zero-order valence-electron chi connectivity index (χ0n) is 19.5. The Bertz CT molecular complexity index is 905. The first-order valence-electron chi connectivity index (χ1n) is 10.8. The highest BCUT2D eigenvalue weighted by atomic mass is 31.0. The minimum Gasteiger partial charge on any atom is -0.493 e. The minimum absolute atomic E-state index is 0. The molecule has 1 aliphatic rings. The highest BCUT2D eigenvalue weighted by Crippen LogP contribution is 2.28. The van der Waals surface area contributed by atoms with Crippen LogP contribution in [0.3, 0.4) is 0 Å². The van der Waals surface area contributed by atoms with E-state index in [0.29, 0.717) is 37.9 Å². The average molecular weight is 496 g/mol. The number of imide groups is 1. The molecule has 1 aromatic carbocycles. The Labute approximate surface area is 203 Å². The Hall–Kier alpha value is -2.86. The number of nitrogens with one attached hydrogen (secondary N) is 1. The number of likely N-dealkylation sites (tertiary alicyclic amines) is 1. The van der Waals surface area contributed by atoms with Crippen molar-refractivity contribution in [3.63, 3.8) is 0 Å². The normalized spacial score (nSPS) is 15.0. The molecule has 0 aromatic heterocycles. The molecule has 2 unspecified atom stereocenters. The van der Waals surface area contributed by atoms with E-state index in [-0.39, 0.29) is 51.6 Å². The fourth-order valence-electron chi connectivity index (χ4n) is 2.96. The summed E-state index contributed by atoms with van der Waals surface area (Å²) in [6, 6.07) is 5.25. The number of rotatable bonds is 14. The van der Waals surface area contributed by atoms with E-state index in [1.807, 2.05) is 0 Å². The molecule has 34 heavy (non-hydrogen) atoms. The van der Waals surface area contributed by atoms with Crippen LogP contribution in [0.1, 0.15) is 20.3 Å². The van der Waals surface area contributed by atoms with Crippen molar-refractivity contribution >= 4 is 27.1 Å². The number of methoxy groups -OCH3 is 1. The number of hydrogen-bond donors (Lipinski definition) is 1. The number of carbonyl (C=O) groups excluding carboxylic acids is 3. The van der Waals surface area contributed by atoms with Crippen molar-refractivity contribution in [2.45, 2.75) is 25.6 Å². The van der Waals surface area contributed by atoms with Gasteiger partial charge >= 0.3 is 6.09 Å². The second-order valence-electron chi connectivity index (χ2n) is 7.11. The molecule has 3 amide bonds. The van der Waals surface area contributed by atoms with Crippen molar-refractivity contribution in [2.24, 2.45) is 0 Å². The molecule has 0 bridgehead atoms. The summed E-state index contributed by atoms with van der Waals surface area (Å²) in [4.78, 5) is 36.3. The largest absolute Gasteiger partial charge is 0.493 e. The second kappa shape index (κ2) is 15.1. The summed E-state index contributed by atoms with van der Waals surface area (Å²) in [5, 5.41) is 2.52. The topological polar surface area (TPSA) is 113 Å². The zero-order chi connectivity index (χ0) is 24.8. The summed E-state index contributed by atoms with van der Waals surface area (Å²) in [6.45, 7) is 3.89. The Morgan fingerprint density at radius 1 is 1.18 bits per heavy atom. The van der Waals surface area contributed by atoms with Crippen molar-refractivity contribution in [1.82, 2.24) is 10.2 Å². The van der Waals surface area contributed by atoms with Crippen LogP contribution in [-0.4, -0.2) is 81.7 Å². The van der Waals surface area contributed by atoms with Crippen LogP contribution in [0.5, 0.6) is 11.5 Å². The van der Waals surface area contributed by atoms with Crippen LogP contribution in [0.2, 0.25) is 0 Å². The van der Waals surface area contributed by atoms with Crippen LogP contribution in [0.25, 0.3) is 0 Å². The molecule has 2 rings (SSSR count). The van der Waals surface area contributed by atoms with Crippen molar-refractivity contribution < 1.29 is 39.5 Å². The maximum atomic E-state index is 11.8. The Morgan fingerprint density at radius 3 is 2.59 bits per heavy atom. The number of nitrogens with zero attached hydrogens (tertiary/aromatic N) is 1. The number of hydrogen-bond acceptors (Lipinski definition) is 8. The van der Waals surface area contributed by atoms with Crippen molar-refractivity contribution in [1.29, 1.82) is 0 Å². The third kappa shape index (κ3) is 9.18. The lowest BCUT2D eigenvalue weighted by molar-refractivity contribution is -0.139. The van der Waals surface area contributed by atoms with Crippen LogP contribution < -0.4 is 14.8 Å². The van der Waals surface area contributed by atoms with Gasteiger partial charge in [0.05, 0.1) is 52.3 Å². The van der Waals surface area contributed by atoms with Gasteiger partial charge in [0.2, 0.25) is 11.8 Å². The monoisotopic (exact) mass is 496 g/mol. The Balaban J connectivity index is 0.00000612. The molecule has 10 nitrogen and oxygen atoms in total. The summed E-state index contributed by atoms with van der Waals surface area (Å²) >= 11 is 0. The van der Waals surface area contributed by atoms with Crippen LogP contribution in [0.15, 0.2) is 18.2 Å². The first kappa shape index (κ1) is 27.4. The van der Waals surface area contributed by atoms with Crippen molar-refractivity contribution in [3.8, 4) is 23.3 Å². The highest BCUT2D eigenvalue weighted by molar-refractivity contribution is 7.19. The van der Waals surface area contributed by atoms with E-state index >= 15 is 0 Å². The maximum absolute atomic E-state index is 11.8. The SMILES string of the molecule is CC#CCNC(=O)OCc1ccc(OCCOCCOCCN2C(=O)CC(P)C2=O)c(OC)c1.[HH]. The van der Waals surface area contributed by atoms with Gasteiger partial charge in [-0.05, 0) is 24.6 Å². The molecule has 1 aliphatic heterocycles. The maximum Gasteiger partial charge on any atom is 0.408 e. The van der Waals surface area contributed by atoms with E-state index in [4.69, 9.17) is 23.7 Å². The summed E-state index contributed by atoms with van der Waals surface area (Å²) in [5.74, 6) is 6.11. The smallest absolute Gasteiger partial charge is 0.408 e. The summed E-state index contributed by atoms with van der Waals surface area (Å²) < 4.78 is 27.1. The molecule has 1 saturated heterocycles. The molecule has 2 atom stereocenters. The molecule has 0 spiro atoms. The van der Waals surface area contributed by atoms with E-state index in [1.54, 1.807) is 25.1 Å². The van der Waals surface area contributed by atoms with Crippen LogP contribution >= 0.6 is 9.24 Å². The minimum atomic E-state index is -0.546. The Kier molecular flexibility index (Phi) is 12.2. The predicted molar refractivity (Wildman–Crippen MR) is 129 cm³/mol. The molecule has 11 heteroatoms. The van der Waals surface area contributed by atoms with Gasteiger partial charge in [-0.15, -0.1) is 15.2 Å². The predicted octanol–water partition coefficient (Wildman–Crippen LogP) is 1.61. The van der Waals surface area contributed by atoms with E-state index in [0.717, 1.165) is 5.56 Å². The molecule has 188 valence electrons. The van der Waals surface area contributed by atoms with Crippen molar-refractivity contribution in [2.75, 3.05) is 53.2 Å². The second-order valence-corrected chi connectivity index (χ2v) is 7.91. The van der Waals surface area contributed by atoms with E-state index in [9.17, 15) is 14.4 Å². The van der Waals surface area contributed by atoms with E-state index in [2.05, 4.69) is 26.4 Å². The molecule has 0 saturated carbocycles. The number of ether oxygens (including phenoxy) is 5. The van der Waals surface area contributed by atoms with Crippen LogP contribution in [-0.2, 0) is 30.4 Å². The number of alkyl carbamates (subject to hydrolysis) is 1. The molecule has 1 fully saturated rings. The summed E-state index contributed by atoms with van der Waals surface area (Å²) in [7, 11) is 3.91. The standard InChI is InChI=1S/C23H31N2O8P.H2/c1-3-4-7-24-23(28)33-16-17-5-6-18(19(14-17)29-2)32-13-12-31-11-10-30-9-8-25-21(26)15-20(34)22(25)27;/h5-6,14,20H,7-13,15-16,34H2,1-2H3,(H,24,28);1H.